The van der Waals surface area contributed by atoms with Crippen LogP contribution in [0.2, 0.25) is 0 Å². The summed E-state index contributed by atoms with van der Waals surface area (Å²) in [5, 5.41) is 3.09. The van der Waals surface area contributed by atoms with Gasteiger partial charge in [0.2, 0.25) is 5.91 Å². The zero-order chi connectivity index (χ0) is 24.8. The Kier molecular flexibility index (Phi) is 7.32. The highest BCUT2D eigenvalue weighted by atomic mass is 32.2. The molecule has 5 nitrogen and oxygen atoms in total. The van der Waals surface area contributed by atoms with Crippen LogP contribution in [0.3, 0.4) is 0 Å². The lowest BCUT2D eigenvalue weighted by Gasteiger charge is -2.27. The first-order valence-electron chi connectivity index (χ1n) is 11.4. The third kappa shape index (κ3) is 5.44. The fourth-order valence-electron chi connectivity index (χ4n) is 4.10. The average Bonchev–Trinajstić information content (AvgIpc) is 2.88. The predicted molar refractivity (Wildman–Crippen MR) is 140 cm³/mol. The van der Waals surface area contributed by atoms with Gasteiger partial charge in [0, 0.05) is 0 Å². The van der Waals surface area contributed by atoms with E-state index in [9.17, 15) is 13.2 Å². The van der Waals surface area contributed by atoms with Crippen LogP contribution in [0.15, 0.2) is 114 Å². The molecule has 0 heterocycles. The number of hydrogen-bond donors (Lipinski definition) is 1. The molecule has 0 fully saturated rings. The molecule has 6 heteroatoms. The number of sulfonamides is 1. The Balaban J connectivity index is 1.71. The second-order valence-corrected chi connectivity index (χ2v) is 10.2. The lowest BCUT2D eigenvalue weighted by molar-refractivity contribution is -0.120. The number of para-hydroxylation sites is 1. The Bertz CT molecular complexity index is 1400. The third-order valence-electron chi connectivity index (χ3n) is 5.94. The number of nitrogens with one attached hydrogen (secondary N) is 1. The smallest absolute Gasteiger partial charge is 0.264 e. The van der Waals surface area contributed by atoms with Crippen LogP contribution in [0.1, 0.15) is 28.3 Å². The summed E-state index contributed by atoms with van der Waals surface area (Å²) in [5.74, 6) is -0.398. The fraction of sp³-hybridized carbons (Fsp3) is 0.138. The van der Waals surface area contributed by atoms with Crippen molar-refractivity contribution in [1.82, 2.24) is 5.32 Å². The first kappa shape index (κ1) is 24.2. The van der Waals surface area contributed by atoms with E-state index in [0.717, 1.165) is 22.3 Å². The molecule has 0 aliphatic rings. The van der Waals surface area contributed by atoms with Crippen molar-refractivity contribution in [2.24, 2.45) is 0 Å². The predicted octanol–water partition coefficient (Wildman–Crippen LogP) is 5.40. The number of benzene rings is 4. The highest BCUT2D eigenvalue weighted by molar-refractivity contribution is 7.92. The van der Waals surface area contributed by atoms with Crippen molar-refractivity contribution in [3.8, 4) is 0 Å². The first-order valence-corrected chi connectivity index (χ1v) is 12.8. The second-order valence-electron chi connectivity index (χ2n) is 8.38. The molecule has 0 unspecified atom stereocenters. The number of carbonyl (C=O) groups is 1. The Labute approximate surface area is 207 Å². The van der Waals surface area contributed by atoms with E-state index in [-0.39, 0.29) is 11.4 Å². The van der Waals surface area contributed by atoms with Crippen LogP contribution >= 0.6 is 0 Å². The van der Waals surface area contributed by atoms with Gasteiger partial charge < -0.3 is 5.32 Å². The molecule has 1 amide bonds. The minimum atomic E-state index is -3.97. The molecule has 0 spiro atoms. The maximum Gasteiger partial charge on any atom is 0.264 e. The third-order valence-corrected chi connectivity index (χ3v) is 7.71. The van der Waals surface area contributed by atoms with Gasteiger partial charge in [-0.3, -0.25) is 9.10 Å². The van der Waals surface area contributed by atoms with Gasteiger partial charge in [-0.25, -0.2) is 8.42 Å². The van der Waals surface area contributed by atoms with E-state index < -0.39 is 22.0 Å². The van der Waals surface area contributed by atoms with E-state index in [1.807, 2.05) is 80.6 Å². The second kappa shape index (κ2) is 10.6. The molecule has 35 heavy (non-hydrogen) atoms. The SMILES string of the molecule is Cc1ccccc1[C@@H](NC(=O)CN(c1ccccc1C)S(=O)(=O)c1ccccc1)c1ccccc1. The molecule has 0 saturated heterocycles. The first-order chi connectivity index (χ1) is 16.9. The van der Waals surface area contributed by atoms with E-state index in [2.05, 4.69) is 5.32 Å². The summed E-state index contributed by atoms with van der Waals surface area (Å²) in [5.41, 5.74) is 4.15. The van der Waals surface area contributed by atoms with Crippen molar-refractivity contribution in [3.05, 3.63) is 131 Å². The molecule has 1 atom stereocenters. The fourth-order valence-corrected chi connectivity index (χ4v) is 5.60. The number of aryl methyl sites for hydroxylation is 2. The standard InChI is InChI=1S/C29H28N2O3S/c1-22-13-9-11-19-26(22)29(24-15-5-3-6-16-24)30-28(32)21-31(27-20-12-10-14-23(27)2)35(33,34)25-17-7-4-8-18-25/h3-20,29H,21H2,1-2H3,(H,30,32)/t29-/m0/s1. The lowest BCUT2D eigenvalue weighted by atomic mass is 9.95. The van der Waals surface area contributed by atoms with Crippen LogP contribution < -0.4 is 9.62 Å². The maximum atomic E-state index is 13.6. The Morgan fingerprint density at radius 2 is 1.29 bits per heavy atom. The molecule has 0 aliphatic carbocycles. The quantitative estimate of drug-likeness (QED) is 0.364. The van der Waals surface area contributed by atoms with Crippen molar-refractivity contribution >= 4 is 21.6 Å². The molecular weight excluding hydrogens is 456 g/mol. The van der Waals surface area contributed by atoms with Gasteiger partial charge in [-0.05, 0) is 54.3 Å². The van der Waals surface area contributed by atoms with Crippen LogP contribution in [0.25, 0.3) is 0 Å². The van der Waals surface area contributed by atoms with Crippen molar-refractivity contribution in [2.75, 3.05) is 10.8 Å². The number of nitrogens with zero attached hydrogens (tertiary/aromatic N) is 1. The molecular formula is C29H28N2O3S. The zero-order valence-corrected chi connectivity index (χ0v) is 20.6. The summed E-state index contributed by atoms with van der Waals surface area (Å²) in [6.45, 7) is 3.48. The average molecular weight is 485 g/mol. The number of amides is 1. The van der Waals surface area contributed by atoms with Gasteiger partial charge in [-0.1, -0.05) is 91.0 Å². The van der Waals surface area contributed by atoms with Crippen LogP contribution in [0.4, 0.5) is 5.69 Å². The minimum Gasteiger partial charge on any atom is -0.344 e. The zero-order valence-electron chi connectivity index (χ0n) is 19.8. The van der Waals surface area contributed by atoms with E-state index in [1.54, 1.807) is 42.5 Å². The molecule has 178 valence electrons. The van der Waals surface area contributed by atoms with Gasteiger partial charge in [-0.2, -0.15) is 0 Å². The summed E-state index contributed by atoms with van der Waals surface area (Å²) in [6, 6.07) is 32.5. The van der Waals surface area contributed by atoms with E-state index in [0.29, 0.717) is 5.69 Å². The normalized spacial score (nSPS) is 12.1. The summed E-state index contributed by atoms with van der Waals surface area (Å²) in [6.07, 6.45) is 0. The highest BCUT2D eigenvalue weighted by Crippen LogP contribution is 2.28. The molecule has 1 N–H and O–H groups in total. The summed E-state index contributed by atoms with van der Waals surface area (Å²) < 4.78 is 28.5. The van der Waals surface area contributed by atoms with Gasteiger partial charge in [0.1, 0.15) is 6.54 Å². The Morgan fingerprint density at radius 3 is 1.91 bits per heavy atom. The minimum absolute atomic E-state index is 0.134. The number of anilines is 1. The molecule has 0 aliphatic heterocycles. The van der Waals surface area contributed by atoms with Gasteiger partial charge in [0.15, 0.2) is 0 Å². The number of rotatable bonds is 8. The molecule has 4 aromatic rings. The Morgan fingerprint density at radius 1 is 0.743 bits per heavy atom. The molecule has 0 saturated carbocycles. The highest BCUT2D eigenvalue weighted by Gasteiger charge is 2.29. The van der Waals surface area contributed by atoms with Crippen molar-refractivity contribution in [3.63, 3.8) is 0 Å². The molecule has 4 aromatic carbocycles. The molecule has 4 rings (SSSR count). The van der Waals surface area contributed by atoms with Crippen LogP contribution in [-0.4, -0.2) is 20.9 Å². The van der Waals surface area contributed by atoms with Crippen molar-refractivity contribution in [2.45, 2.75) is 24.8 Å². The van der Waals surface area contributed by atoms with Crippen LogP contribution in [0.5, 0.6) is 0 Å². The summed E-state index contributed by atoms with van der Waals surface area (Å²) in [4.78, 5) is 13.6. The lowest BCUT2D eigenvalue weighted by Crippen LogP contribution is -2.42. The summed E-state index contributed by atoms with van der Waals surface area (Å²) in [7, 11) is -3.97. The summed E-state index contributed by atoms with van der Waals surface area (Å²) >= 11 is 0. The largest absolute Gasteiger partial charge is 0.344 e. The van der Waals surface area contributed by atoms with Gasteiger partial charge in [-0.15, -0.1) is 0 Å². The van der Waals surface area contributed by atoms with Gasteiger partial charge >= 0.3 is 0 Å². The van der Waals surface area contributed by atoms with Gasteiger partial charge in [0.05, 0.1) is 16.6 Å². The number of carbonyl (C=O) groups excluding carboxylic acids is 1. The van der Waals surface area contributed by atoms with E-state index >= 15 is 0 Å². The van der Waals surface area contributed by atoms with E-state index in [4.69, 9.17) is 0 Å². The number of hydrogen-bond acceptors (Lipinski definition) is 3. The topological polar surface area (TPSA) is 66.5 Å². The molecule has 0 radical (unpaired) electrons. The van der Waals surface area contributed by atoms with Crippen molar-refractivity contribution in [1.29, 1.82) is 0 Å². The molecule has 0 aromatic heterocycles. The van der Waals surface area contributed by atoms with Crippen LogP contribution in [0, 0.1) is 13.8 Å². The van der Waals surface area contributed by atoms with Gasteiger partial charge in [0.25, 0.3) is 10.0 Å². The van der Waals surface area contributed by atoms with Crippen LogP contribution in [-0.2, 0) is 14.8 Å². The Hall–Kier alpha value is -3.90. The van der Waals surface area contributed by atoms with E-state index in [1.165, 1.54) is 4.31 Å². The van der Waals surface area contributed by atoms with Crippen molar-refractivity contribution < 1.29 is 13.2 Å². The maximum absolute atomic E-state index is 13.6. The molecule has 0 bridgehead atoms. The monoisotopic (exact) mass is 484 g/mol.